The molecule has 0 amide bonds. The molecule has 2 aromatic rings. The maximum absolute atomic E-state index is 13.5. The number of hydrogen-bond donors (Lipinski definition) is 1. The van der Waals surface area contributed by atoms with Gasteiger partial charge < -0.3 is 5.32 Å². The molecule has 6 heteroatoms. The molecule has 2 rings (SSSR count). The minimum atomic E-state index is -0.591. The van der Waals surface area contributed by atoms with Crippen LogP contribution in [0.4, 0.5) is 14.5 Å². The highest BCUT2D eigenvalue weighted by atomic mass is 35.5. The summed E-state index contributed by atoms with van der Waals surface area (Å²) in [4.78, 5) is 0. The van der Waals surface area contributed by atoms with Crippen LogP contribution in [0.3, 0.4) is 0 Å². The first-order valence-electron chi connectivity index (χ1n) is 6.03. The van der Waals surface area contributed by atoms with Gasteiger partial charge in [-0.25, -0.2) is 8.78 Å². The zero-order valence-corrected chi connectivity index (χ0v) is 12.4. The van der Waals surface area contributed by atoms with E-state index in [1.54, 1.807) is 13.0 Å². The molecule has 0 heterocycles. The summed E-state index contributed by atoms with van der Waals surface area (Å²) in [6, 6.07) is 8.06. The lowest BCUT2D eigenvalue weighted by Gasteiger charge is -2.17. The third kappa shape index (κ3) is 3.44. The van der Waals surface area contributed by atoms with Gasteiger partial charge in [-0.1, -0.05) is 23.2 Å². The number of nitriles is 1. The van der Waals surface area contributed by atoms with Crippen LogP contribution in [-0.2, 0) is 0 Å². The number of rotatable bonds is 3. The highest BCUT2D eigenvalue weighted by molar-refractivity contribution is 6.35. The second kappa shape index (κ2) is 6.30. The maximum atomic E-state index is 13.5. The van der Waals surface area contributed by atoms with Crippen molar-refractivity contribution in [1.82, 2.24) is 0 Å². The van der Waals surface area contributed by atoms with Gasteiger partial charge in [-0.3, -0.25) is 0 Å². The zero-order chi connectivity index (χ0) is 15.6. The van der Waals surface area contributed by atoms with E-state index in [2.05, 4.69) is 5.32 Å². The Labute approximate surface area is 130 Å². The average molecular weight is 327 g/mol. The molecule has 0 bridgehead atoms. The fourth-order valence-electron chi connectivity index (χ4n) is 1.90. The summed E-state index contributed by atoms with van der Waals surface area (Å²) in [5, 5.41) is 12.1. The summed E-state index contributed by atoms with van der Waals surface area (Å²) < 4.78 is 26.8. The molecule has 2 aromatic carbocycles. The lowest BCUT2D eigenvalue weighted by Crippen LogP contribution is -2.08. The molecule has 0 spiro atoms. The van der Waals surface area contributed by atoms with Gasteiger partial charge in [0.15, 0.2) is 0 Å². The molecule has 0 saturated carbocycles. The largest absolute Gasteiger partial charge is 0.378 e. The van der Waals surface area contributed by atoms with E-state index in [0.717, 1.165) is 0 Å². The third-order valence-corrected chi connectivity index (χ3v) is 3.59. The minimum absolute atomic E-state index is 0.0514. The smallest absolute Gasteiger partial charge is 0.142 e. The molecular weight excluding hydrogens is 317 g/mol. The molecule has 0 aliphatic carbocycles. The monoisotopic (exact) mass is 326 g/mol. The average Bonchev–Trinajstić information content (AvgIpc) is 2.44. The van der Waals surface area contributed by atoms with Crippen LogP contribution in [0, 0.1) is 23.0 Å². The second-order valence-electron chi connectivity index (χ2n) is 4.46. The molecule has 0 fully saturated rings. The van der Waals surface area contributed by atoms with Gasteiger partial charge >= 0.3 is 0 Å². The van der Waals surface area contributed by atoms with Gasteiger partial charge in [-0.05, 0) is 42.8 Å². The molecular formula is C15H10Cl2F2N2. The van der Waals surface area contributed by atoms with E-state index in [0.29, 0.717) is 16.3 Å². The van der Waals surface area contributed by atoms with Crippen LogP contribution in [0.5, 0.6) is 0 Å². The Balaban J connectivity index is 2.28. The normalized spacial score (nSPS) is 11.8. The highest BCUT2D eigenvalue weighted by Gasteiger charge is 2.14. The van der Waals surface area contributed by atoms with Crippen LogP contribution in [0.1, 0.15) is 24.1 Å². The Kier molecular flexibility index (Phi) is 4.66. The molecule has 1 unspecified atom stereocenters. The third-order valence-electron chi connectivity index (χ3n) is 2.98. The Hall–Kier alpha value is -1.83. The molecule has 0 aliphatic heterocycles. The van der Waals surface area contributed by atoms with E-state index in [-0.39, 0.29) is 16.6 Å². The fraction of sp³-hybridized carbons (Fsp3) is 0.133. The van der Waals surface area contributed by atoms with Crippen molar-refractivity contribution >= 4 is 28.9 Å². The van der Waals surface area contributed by atoms with E-state index in [1.165, 1.54) is 30.3 Å². The predicted octanol–water partition coefficient (Wildman–Crippen LogP) is 5.32. The van der Waals surface area contributed by atoms with Crippen LogP contribution in [0.2, 0.25) is 10.0 Å². The summed E-state index contributed by atoms with van der Waals surface area (Å²) >= 11 is 11.7. The van der Waals surface area contributed by atoms with Crippen molar-refractivity contribution in [2.75, 3.05) is 5.32 Å². The predicted molar refractivity (Wildman–Crippen MR) is 79.6 cm³/mol. The number of nitrogens with zero attached hydrogens (tertiary/aromatic N) is 1. The first-order chi connectivity index (χ1) is 9.92. The zero-order valence-electron chi connectivity index (χ0n) is 10.9. The lowest BCUT2D eigenvalue weighted by molar-refractivity contribution is 0.623. The summed E-state index contributed by atoms with van der Waals surface area (Å²) in [7, 11) is 0. The van der Waals surface area contributed by atoms with E-state index in [9.17, 15) is 8.78 Å². The lowest BCUT2D eigenvalue weighted by atomic mass is 10.1. The van der Waals surface area contributed by atoms with E-state index >= 15 is 0 Å². The number of benzene rings is 2. The van der Waals surface area contributed by atoms with Crippen molar-refractivity contribution in [3.63, 3.8) is 0 Å². The van der Waals surface area contributed by atoms with Crippen LogP contribution in [0.15, 0.2) is 30.3 Å². The minimum Gasteiger partial charge on any atom is -0.378 e. The van der Waals surface area contributed by atoms with Crippen LogP contribution < -0.4 is 5.32 Å². The van der Waals surface area contributed by atoms with Gasteiger partial charge in [-0.2, -0.15) is 5.26 Å². The first-order valence-corrected chi connectivity index (χ1v) is 6.78. The molecule has 2 nitrogen and oxygen atoms in total. The SMILES string of the molecule is CC(Nc1ccc(F)c(C#N)c1)c1cc(F)c(Cl)cc1Cl. The highest BCUT2D eigenvalue weighted by Crippen LogP contribution is 2.30. The molecule has 1 atom stereocenters. The Morgan fingerprint density at radius 1 is 1.10 bits per heavy atom. The molecule has 1 N–H and O–H groups in total. The number of anilines is 1. The molecule has 108 valence electrons. The molecule has 0 aliphatic rings. The van der Waals surface area contributed by atoms with Crippen molar-refractivity contribution in [2.45, 2.75) is 13.0 Å². The molecule has 21 heavy (non-hydrogen) atoms. The number of nitrogens with one attached hydrogen (secondary N) is 1. The summed E-state index contributed by atoms with van der Waals surface area (Å²) in [6.07, 6.45) is 0. The van der Waals surface area contributed by atoms with Gasteiger partial charge in [0.2, 0.25) is 0 Å². The van der Waals surface area contributed by atoms with E-state index < -0.39 is 11.6 Å². The van der Waals surface area contributed by atoms with Crippen LogP contribution >= 0.6 is 23.2 Å². The summed E-state index contributed by atoms with van der Waals surface area (Å²) in [6.45, 7) is 1.77. The number of hydrogen-bond acceptors (Lipinski definition) is 2. The fourth-order valence-corrected chi connectivity index (χ4v) is 2.45. The molecule has 0 saturated heterocycles. The maximum Gasteiger partial charge on any atom is 0.142 e. The molecule has 0 radical (unpaired) electrons. The van der Waals surface area contributed by atoms with Gasteiger partial charge in [0.05, 0.1) is 16.6 Å². The van der Waals surface area contributed by atoms with Gasteiger partial charge in [0.25, 0.3) is 0 Å². The quantitative estimate of drug-likeness (QED) is 0.775. The second-order valence-corrected chi connectivity index (χ2v) is 5.27. The standard InChI is InChI=1S/C15H10Cl2F2N2/c1-8(11-5-15(19)13(17)6-12(11)16)21-10-2-3-14(18)9(4-10)7-20/h2-6,8,21H,1H3. The summed E-state index contributed by atoms with van der Waals surface area (Å²) in [5.41, 5.74) is 0.980. The number of halogens is 4. The summed E-state index contributed by atoms with van der Waals surface area (Å²) in [5.74, 6) is -1.16. The molecule has 0 aromatic heterocycles. The van der Waals surface area contributed by atoms with Crippen LogP contribution in [0.25, 0.3) is 0 Å². The Morgan fingerprint density at radius 3 is 2.48 bits per heavy atom. The van der Waals surface area contributed by atoms with E-state index in [4.69, 9.17) is 28.5 Å². The van der Waals surface area contributed by atoms with Crippen LogP contribution in [-0.4, -0.2) is 0 Å². The van der Waals surface area contributed by atoms with Crippen molar-refractivity contribution < 1.29 is 8.78 Å². The van der Waals surface area contributed by atoms with Gasteiger partial charge in [0.1, 0.15) is 17.7 Å². The van der Waals surface area contributed by atoms with Crippen molar-refractivity contribution in [2.24, 2.45) is 0 Å². The van der Waals surface area contributed by atoms with Crippen molar-refractivity contribution in [3.8, 4) is 6.07 Å². The van der Waals surface area contributed by atoms with Gasteiger partial charge in [0, 0.05) is 10.7 Å². The first kappa shape index (κ1) is 15.6. The topological polar surface area (TPSA) is 35.8 Å². The Morgan fingerprint density at radius 2 is 1.81 bits per heavy atom. The Bertz CT molecular complexity index is 726. The van der Waals surface area contributed by atoms with Gasteiger partial charge in [-0.15, -0.1) is 0 Å². The van der Waals surface area contributed by atoms with E-state index in [1.807, 2.05) is 0 Å². The van der Waals surface area contributed by atoms with Crippen molar-refractivity contribution in [3.05, 3.63) is 63.1 Å². The van der Waals surface area contributed by atoms with Crippen molar-refractivity contribution in [1.29, 1.82) is 5.26 Å².